The van der Waals surface area contributed by atoms with Crippen LogP contribution in [0.2, 0.25) is 0 Å². The van der Waals surface area contributed by atoms with Gasteiger partial charge in [-0.25, -0.2) is 0 Å². The molecule has 0 bridgehead atoms. The van der Waals surface area contributed by atoms with Gasteiger partial charge < -0.3 is 9.80 Å². The second-order valence-electron chi connectivity index (χ2n) is 7.71. The molecule has 0 N–H and O–H groups in total. The fraction of sp³-hybridized carbons (Fsp3) is 0.409. The SMILES string of the molecule is CC(C)c1ccc(C(=O)N2CCCN(C)CC2)cc1-c1cccc([N+](=O)[O-])c1. The van der Waals surface area contributed by atoms with Gasteiger partial charge in [0.2, 0.25) is 0 Å². The molecule has 6 nitrogen and oxygen atoms in total. The predicted molar refractivity (Wildman–Crippen MR) is 111 cm³/mol. The molecule has 1 fully saturated rings. The summed E-state index contributed by atoms with van der Waals surface area (Å²) in [5.74, 6) is 0.266. The van der Waals surface area contributed by atoms with Crippen LogP contribution in [0.3, 0.4) is 0 Å². The molecule has 1 amide bonds. The quantitative estimate of drug-likeness (QED) is 0.589. The lowest BCUT2D eigenvalue weighted by molar-refractivity contribution is -0.384. The summed E-state index contributed by atoms with van der Waals surface area (Å²) >= 11 is 0. The van der Waals surface area contributed by atoms with E-state index < -0.39 is 0 Å². The summed E-state index contributed by atoms with van der Waals surface area (Å²) in [5, 5.41) is 11.2. The summed E-state index contributed by atoms with van der Waals surface area (Å²) < 4.78 is 0. The van der Waals surface area contributed by atoms with E-state index in [1.807, 2.05) is 29.2 Å². The molecule has 0 aromatic heterocycles. The number of amides is 1. The molecule has 6 heteroatoms. The third-order valence-electron chi connectivity index (χ3n) is 5.30. The monoisotopic (exact) mass is 381 g/mol. The van der Waals surface area contributed by atoms with Crippen LogP contribution in [0.5, 0.6) is 0 Å². The zero-order chi connectivity index (χ0) is 20.3. The fourth-order valence-electron chi connectivity index (χ4n) is 3.66. The predicted octanol–water partition coefficient (Wildman–Crippen LogP) is 4.16. The highest BCUT2D eigenvalue weighted by atomic mass is 16.6. The van der Waals surface area contributed by atoms with Crippen molar-refractivity contribution >= 4 is 11.6 Å². The first-order valence-electron chi connectivity index (χ1n) is 9.73. The maximum absolute atomic E-state index is 13.1. The Bertz CT molecular complexity index is 879. The van der Waals surface area contributed by atoms with E-state index in [0.717, 1.165) is 42.7 Å². The lowest BCUT2D eigenvalue weighted by Gasteiger charge is -2.22. The topological polar surface area (TPSA) is 66.7 Å². The Kier molecular flexibility index (Phi) is 6.09. The molecule has 0 atom stereocenters. The smallest absolute Gasteiger partial charge is 0.270 e. The lowest BCUT2D eigenvalue weighted by Crippen LogP contribution is -2.34. The maximum atomic E-state index is 13.1. The summed E-state index contributed by atoms with van der Waals surface area (Å²) in [6.45, 7) is 7.50. The molecule has 0 saturated carbocycles. The van der Waals surface area contributed by atoms with Crippen molar-refractivity contribution in [3.8, 4) is 11.1 Å². The Hall–Kier alpha value is -2.73. The van der Waals surface area contributed by atoms with Gasteiger partial charge in [0, 0.05) is 37.3 Å². The van der Waals surface area contributed by atoms with Gasteiger partial charge in [-0.3, -0.25) is 14.9 Å². The average Bonchev–Trinajstić information content (AvgIpc) is 2.91. The van der Waals surface area contributed by atoms with Crippen molar-refractivity contribution in [2.24, 2.45) is 0 Å². The number of nitrogens with zero attached hydrogens (tertiary/aromatic N) is 3. The number of hydrogen-bond donors (Lipinski definition) is 0. The Labute approximate surface area is 165 Å². The van der Waals surface area contributed by atoms with Crippen LogP contribution >= 0.6 is 0 Å². The van der Waals surface area contributed by atoms with Crippen LogP contribution in [0, 0.1) is 10.1 Å². The maximum Gasteiger partial charge on any atom is 0.270 e. The first kappa shape index (κ1) is 20.0. The van der Waals surface area contributed by atoms with E-state index in [2.05, 4.69) is 25.8 Å². The molecule has 28 heavy (non-hydrogen) atoms. The van der Waals surface area contributed by atoms with Gasteiger partial charge in [0.15, 0.2) is 0 Å². The largest absolute Gasteiger partial charge is 0.337 e. The second kappa shape index (κ2) is 8.52. The molecule has 1 aliphatic rings. The van der Waals surface area contributed by atoms with Crippen molar-refractivity contribution in [2.45, 2.75) is 26.2 Å². The van der Waals surface area contributed by atoms with Crippen molar-refractivity contribution in [3.05, 3.63) is 63.7 Å². The molecule has 1 aliphatic heterocycles. The molecule has 148 valence electrons. The number of non-ortho nitro benzene ring substituents is 1. The number of carbonyl (C=O) groups excluding carboxylic acids is 1. The zero-order valence-corrected chi connectivity index (χ0v) is 16.7. The van der Waals surface area contributed by atoms with Crippen LogP contribution in [-0.2, 0) is 0 Å². The Morgan fingerprint density at radius 2 is 1.86 bits per heavy atom. The molecule has 0 unspecified atom stereocenters. The van der Waals surface area contributed by atoms with E-state index in [9.17, 15) is 14.9 Å². The molecule has 1 heterocycles. The van der Waals surface area contributed by atoms with Crippen molar-refractivity contribution in [1.82, 2.24) is 9.80 Å². The van der Waals surface area contributed by atoms with E-state index in [4.69, 9.17) is 0 Å². The van der Waals surface area contributed by atoms with E-state index >= 15 is 0 Å². The van der Waals surface area contributed by atoms with Gasteiger partial charge in [-0.1, -0.05) is 32.0 Å². The summed E-state index contributed by atoms with van der Waals surface area (Å²) in [6.07, 6.45) is 0.962. The van der Waals surface area contributed by atoms with E-state index in [0.29, 0.717) is 12.1 Å². The average molecular weight is 381 g/mol. The van der Waals surface area contributed by atoms with Gasteiger partial charge in [-0.05, 0) is 54.8 Å². The summed E-state index contributed by atoms with van der Waals surface area (Å²) in [6, 6.07) is 12.4. The molecule has 2 aromatic rings. The highest BCUT2D eigenvalue weighted by Crippen LogP contribution is 2.32. The zero-order valence-electron chi connectivity index (χ0n) is 16.7. The third kappa shape index (κ3) is 4.39. The number of likely N-dealkylation sites (N-methyl/N-ethyl adjacent to an activating group) is 1. The first-order valence-corrected chi connectivity index (χ1v) is 9.73. The van der Waals surface area contributed by atoms with E-state index in [1.165, 1.54) is 6.07 Å². The summed E-state index contributed by atoms with van der Waals surface area (Å²) in [4.78, 5) is 28.0. The Balaban J connectivity index is 1.99. The minimum atomic E-state index is -0.388. The number of carbonyl (C=O) groups is 1. The second-order valence-corrected chi connectivity index (χ2v) is 7.71. The molecular weight excluding hydrogens is 354 g/mol. The van der Waals surface area contributed by atoms with Crippen LogP contribution < -0.4 is 0 Å². The minimum absolute atomic E-state index is 0.0253. The molecule has 0 radical (unpaired) electrons. The van der Waals surface area contributed by atoms with Crippen LogP contribution in [0.15, 0.2) is 42.5 Å². The number of hydrogen-bond acceptors (Lipinski definition) is 4. The first-order chi connectivity index (χ1) is 13.4. The Morgan fingerprint density at radius 3 is 2.57 bits per heavy atom. The molecular formula is C22H27N3O3. The van der Waals surface area contributed by atoms with Crippen LogP contribution in [0.4, 0.5) is 5.69 Å². The van der Waals surface area contributed by atoms with Crippen molar-refractivity contribution < 1.29 is 9.72 Å². The summed E-state index contributed by atoms with van der Waals surface area (Å²) in [7, 11) is 2.08. The number of rotatable bonds is 4. The molecule has 1 saturated heterocycles. The van der Waals surface area contributed by atoms with Gasteiger partial charge in [0.05, 0.1) is 4.92 Å². The van der Waals surface area contributed by atoms with Crippen LogP contribution in [0.1, 0.15) is 42.1 Å². The number of benzene rings is 2. The van der Waals surface area contributed by atoms with Crippen molar-refractivity contribution in [3.63, 3.8) is 0 Å². The van der Waals surface area contributed by atoms with Gasteiger partial charge in [-0.15, -0.1) is 0 Å². The number of nitro groups is 1. The highest BCUT2D eigenvalue weighted by molar-refractivity contribution is 5.96. The van der Waals surface area contributed by atoms with Gasteiger partial charge in [0.1, 0.15) is 0 Å². The lowest BCUT2D eigenvalue weighted by atomic mass is 9.90. The standard InChI is InChI=1S/C22H27N3O3/c1-16(2)20-9-8-18(22(26)24-11-5-10-23(3)12-13-24)15-21(20)17-6-4-7-19(14-17)25(27)28/h4,6-9,14-16H,5,10-13H2,1-3H3. The van der Waals surface area contributed by atoms with Gasteiger partial charge in [-0.2, -0.15) is 0 Å². The van der Waals surface area contributed by atoms with Crippen molar-refractivity contribution in [1.29, 1.82) is 0 Å². The minimum Gasteiger partial charge on any atom is -0.337 e. The Morgan fingerprint density at radius 1 is 1.07 bits per heavy atom. The molecule has 2 aromatic carbocycles. The summed E-state index contributed by atoms with van der Waals surface area (Å²) in [5.41, 5.74) is 3.42. The number of nitro benzene ring substituents is 1. The van der Waals surface area contributed by atoms with E-state index in [1.54, 1.807) is 12.1 Å². The molecule has 0 aliphatic carbocycles. The third-order valence-corrected chi connectivity index (χ3v) is 5.30. The normalized spacial score (nSPS) is 15.5. The fourth-order valence-corrected chi connectivity index (χ4v) is 3.66. The van der Waals surface area contributed by atoms with Crippen LogP contribution in [-0.4, -0.2) is 53.9 Å². The molecule has 0 spiro atoms. The van der Waals surface area contributed by atoms with E-state index in [-0.39, 0.29) is 22.4 Å². The van der Waals surface area contributed by atoms with Gasteiger partial charge >= 0.3 is 0 Å². The van der Waals surface area contributed by atoms with Gasteiger partial charge in [0.25, 0.3) is 11.6 Å². The highest BCUT2D eigenvalue weighted by Gasteiger charge is 2.21. The van der Waals surface area contributed by atoms with Crippen LogP contribution in [0.25, 0.3) is 11.1 Å². The molecule has 3 rings (SSSR count). The van der Waals surface area contributed by atoms with Crippen molar-refractivity contribution in [2.75, 3.05) is 33.2 Å².